The lowest BCUT2D eigenvalue weighted by Crippen LogP contribution is -2.51. The van der Waals surface area contributed by atoms with Crippen LogP contribution in [0.2, 0.25) is 0 Å². The van der Waals surface area contributed by atoms with E-state index in [4.69, 9.17) is 9.47 Å². The fourth-order valence-corrected chi connectivity index (χ4v) is 2.35. The van der Waals surface area contributed by atoms with E-state index in [2.05, 4.69) is 0 Å². The summed E-state index contributed by atoms with van der Waals surface area (Å²) < 4.78 is 48.5. The number of ether oxygens (including phenoxy) is 2. The Morgan fingerprint density at radius 2 is 1.73 bits per heavy atom. The maximum absolute atomic E-state index is 12.9. The molecule has 1 aromatic rings. The van der Waals surface area contributed by atoms with E-state index >= 15 is 0 Å². The van der Waals surface area contributed by atoms with Crippen LogP contribution in [-0.2, 0) is 25.7 Å². The second-order valence-corrected chi connectivity index (χ2v) is 7.47. The van der Waals surface area contributed by atoms with Gasteiger partial charge < -0.3 is 19.9 Å². The SMILES string of the molecule is CC(C)(C)OC(=O)CN(CC(NC(=O)OCc1ccccc1)C(=O)O)CC(F)(F)F. The van der Waals surface area contributed by atoms with Crippen LogP contribution in [0.4, 0.5) is 18.0 Å². The van der Waals surface area contributed by atoms with Crippen molar-refractivity contribution < 1.29 is 42.1 Å². The molecule has 1 unspecified atom stereocenters. The van der Waals surface area contributed by atoms with E-state index in [1.54, 1.807) is 51.1 Å². The van der Waals surface area contributed by atoms with Gasteiger partial charge in [-0.2, -0.15) is 13.2 Å². The topological polar surface area (TPSA) is 105 Å². The first kappa shape index (κ1) is 25.2. The van der Waals surface area contributed by atoms with Gasteiger partial charge in [-0.15, -0.1) is 0 Å². The molecule has 0 aliphatic heterocycles. The predicted octanol–water partition coefficient (Wildman–Crippen LogP) is 2.57. The van der Waals surface area contributed by atoms with E-state index < -0.39 is 55.5 Å². The van der Waals surface area contributed by atoms with Gasteiger partial charge in [0.2, 0.25) is 0 Å². The van der Waals surface area contributed by atoms with Crippen LogP contribution in [-0.4, -0.2) is 65.5 Å². The van der Waals surface area contributed by atoms with Gasteiger partial charge in [0.1, 0.15) is 18.2 Å². The van der Waals surface area contributed by atoms with Gasteiger partial charge in [0.05, 0.1) is 13.1 Å². The summed E-state index contributed by atoms with van der Waals surface area (Å²) in [7, 11) is 0. The Hall–Kier alpha value is -2.82. The van der Waals surface area contributed by atoms with E-state index in [0.29, 0.717) is 10.5 Å². The first-order valence-corrected chi connectivity index (χ1v) is 8.96. The summed E-state index contributed by atoms with van der Waals surface area (Å²) in [6.45, 7) is 1.34. The lowest BCUT2D eigenvalue weighted by molar-refractivity contribution is -0.166. The Kier molecular flexibility index (Phi) is 9.09. The van der Waals surface area contributed by atoms with Crippen LogP contribution in [0.25, 0.3) is 0 Å². The quantitative estimate of drug-likeness (QED) is 0.576. The molecule has 0 aromatic heterocycles. The minimum atomic E-state index is -4.70. The fourth-order valence-electron chi connectivity index (χ4n) is 2.35. The average molecular weight is 434 g/mol. The van der Waals surface area contributed by atoms with E-state index in [9.17, 15) is 32.7 Å². The third-order valence-electron chi connectivity index (χ3n) is 3.42. The summed E-state index contributed by atoms with van der Waals surface area (Å²) in [6, 6.07) is 6.79. The van der Waals surface area contributed by atoms with Gasteiger partial charge in [-0.3, -0.25) is 9.69 Å². The van der Waals surface area contributed by atoms with Crippen molar-refractivity contribution in [3.63, 3.8) is 0 Å². The number of amides is 1. The molecule has 0 heterocycles. The number of benzene rings is 1. The zero-order chi connectivity index (χ0) is 22.9. The van der Waals surface area contributed by atoms with E-state index in [-0.39, 0.29) is 6.61 Å². The molecule has 1 aromatic carbocycles. The number of carboxylic acid groups (broad SMARTS) is 1. The first-order chi connectivity index (χ1) is 13.7. The minimum absolute atomic E-state index is 0.150. The number of carboxylic acids is 1. The summed E-state index contributed by atoms with van der Waals surface area (Å²) in [4.78, 5) is 35.8. The number of aliphatic carboxylic acids is 1. The molecule has 8 nitrogen and oxygen atoms in total. The zero-order valence-electron chi connectivity index (χ0n) is 16.9. The number of halogens is 3. The Morgan fingerprint density at radius 3 is 2.23 bits per heavy atom. The highest BCUT2D eigenvalue weighted by atomic mass is 19.4. The molecule has 0 saturated heterocycles. The molecule has 0 aliphatic carbocycles. The number of nitrogens with one attached hydrogen (secondary N) is 1. The van der Waals surface area contributed by atoms with Crippen LogP contribution in [0.3, 0.4) is 0 Å². The normalized spacial score (nSPS) is 12.9. The summed E-state index contributed by atoms with van der Waals surface area (Å²) in [5.41, 5.74) is -0.282. The monoisotopic (exact) mass is 434 g/mol. The molecule has 1 amide bonds. The number of alkyl halides is 3. The lowest BCUT2D eigenvalue weighted by Gasteiger charge is -2.27. The maximum Gasteiger partial charge on any atom is 0.408 e. The Bertz CT molecular complexity index is 719. The van der Waals surface area contributed by atoms with Gasteiger partial charge in [0.15, 0.2) is 0 Å². The van der Waals surface area contributed by atoms with Crippen LogP contribution in [0.5, 0.6) is 0 Å². The molecule has 0 bridgehead atoms. The highest BCUT2D eigenvalue weighted by molar-refractivity contribution is 5.80. The van der Waals surface area contributed by atoms with Gasteiger partial charge in [0, 0.05) is 6.54 Å². The van der Waals surface area contributed by atoms with Crippen LogP contribution in [0.1, 0.15) is 26.3 Å². The van der Waals surface area contributed by atoms with Crippen LogP contribution >= 0.6 is 0 Å². The van der Waals surface area contributed by atoms with Crippen molar-refractivity contribution in [2.45, 2.75) is 45.2 Å². The van der Waals surface area contributed by atoms with Gasteiger partial charge in [-0.25, -0.2) is 9.59 Å². The largest absolute Gasteiger partial charge is 0.480 e. The van der Waals surface area contributed by atoms with Crippen molar-refractivity contribution in [3.8, 4) is 0 Å². The molecular weight excluding hydrogens is 409 g/mol. The smallest absolute Gasteiger partial charge is 0.408 e. The third-order valence-corrected chi connectivity index (χ3v) is 3.42. The van der Waals surface area contributed by atoms with Gasteiger partial charge in [-0.1, -0.05) is 30.3 Å². The number of hydrogen-bond donors (Lipinski definition) is 2. The van der Waals surface area contributed by atoms with Crippen LogP contribution in [0.15, 0.2) is 30.3 Å². The molecule has 0 spiro atoms. The Morgan fingerprint density at radius 1 is 1.13 bits per heavy atom. The molecule has 1 atom stereocenters. The lowest BCUT2D eigenvalue weighted by atomic mass is 10.2. The standard InChI is InChI=1S/C19H25F3N2O6/c1-18(2,3)30-15(25)10-24(12-19(20,21)22)9-14(16(26)27)23-17(28)29-11-13-7-5-4-6-8-13/h4-8,14H,9-12H2,1-3H3,(H,23,28)(H,26,27). The maximum atomic E-state index is 12.9. The van der Waals surface area contributed by atoms with Gasteiger partial charge in [0.25, 0.3) is 0 Å². The van der Waals surface area contributed by atoms with Crippen LogP contribution in [0, 0.1) is 0 Å². The molecule has 0 aliphatic rings. The highest BCUT2D eigenvalue weighted by Gasteiger charge is 2.35. The molecule has 0 radical (unpaired) electrons. The van der Waals surface area contributed by atoms with Crippen molar-refractivity contribution in [1.29, 1.82) is 0 Å². The number of nitrogens with zero attached hydrogens (tertiary/aromatic N) is 1. The third kappa shape index (κ3) is 11.2. The highest BCUT2D eigenvalue weighted by Crippen LogP contribution is 2.17. The number of alkyl carbamates (subject to hydrolysis) is 1. The number of esters is 1. The van der Waals surface area contributed by atoms with Crippen molar-refractivity contribution in [1.82, 2.24) is 10.2 Å². The number of carbonyl (C=O) groups is 3. The Balaban J connectivity index is 2.75. The van der Waals surface area contributed by atoms with Gasteiger partial charge >= 0.3 is 24.2 Å². The van der Waals surface area contributed by atoms with Crippen molar-refractivity contribution in [3.05, 3.63) is 35.9 Å². The second kappa shape index (κ2) is 10.8. The van der Waals surface area contributed by atoms with E-state index in [1.165, 1.54) is 0 Å². The zero-order valence-corrected chi connectivity index (χ0v) is 16.9. The van der Waals surface area contributed by atoms with E-state index in [0.717, 1.165) is 0 Å². The minimum Gasteiger partial charge on any atom is -0.480 e. The predicted molar refractivity (Wildman–Crippen MR) is 99.5 cm³/mol. The fraction of sp³-hybridized carbons (Fsp3) is 0.526. The Labute approximate surface area is 171 Å². The first-order valence-electron chi connectivity index (χ1n) is 8.96. The molecule has 0 saturated carbocycles. The van der Waals surface area contributed by atoms with Crippen LogP contribution < -0.4 is 5.32 Å². The van der Waals surface area contributed by atoms with Gasteiger partial charge in [-0.05, 0) is 26.3 Å². The second-order valence-electron chi connectivity index (χ2n) is 7.47. The molecule has 2 N–H and O–H groups in total. The van der Waals surface area contributed by atoms with Crippen molar-refractivity contribution >= 4 is 18.0 Å². The number of rotatable bonds is 9. The summed E-state index contributed by atoms with van der Waals surface area (Å²) in [5.74, 6) is -2.54. The summed E-state index contributed by atoms with van der Waals surface area (Å²) in [5, 5.41) is 11.3. The molecule has 30 heavy (non-hydrogen) atoms. The number of carbonyl (C=O) groups excluding carboxylic acids is 2. The van der Waals surface area contributed by atoms with Crippen molar-refractivity contribution in [2.75, 3.05) is 19.6 Å². The summed E-state index contributed by atoms with van der Waals surface area (Å²) >= 11 is 0. The molecular formula is C19H25F3N2O6. The molecule has 168 valence electrons. The molecule has 11 heteroatoms. The average Bonchev–Trinajstić information content (AvgIpc) is 2.57. The molecule has 0 fully saturated rings. The number of hydrogen-bond acceptors (Lipinski definition) is 6. The van der Waals surface area contributed by atoms with Crippen molar-refractivity contribution in [2.24, 2.45) is 0 Å². The van der Waals surface area contributed by atoms with E-state index in [1.807, 2.05) is 5.32 Å². The summed E-state index contributed by atoms with van der Waals surface area (Å²) in [6.07, 6.45) is -5.81. The molecule has 1 rings (SSSR count).